The standard InChI is InChI=1S/C16H15BrClFO2/c1-9-4-10(6-11(18)5-9)16(17)12-7-14(20-2)15(21-3)8-13(12)19/h4-8,16H,1-3H3. The zero-order valence-corrected chi connectivity index (χ0v) is 14.3. The van der Waals surface area contributed by atoms with Gasteiger partial charge in [0.15, 0.2) is 11.5 Å². The van der Waals surface area contributed by atoms with E-state index in [0.29, 0.717) is 22.1 Å². The van der Waals surface area contributed by atoms with Gasteiger partial charge in [0.1, 0.15) is 5.82 Å². The molecule has 0 saturated carbocycles. The van der Waals surface area contributed by atoms with E-state index in [1.165, 1.54) is 20.3 Å². The molecule has 21 heavy (non-hydrogen) atoms. The summed E-state index contributed by atoms with van der Waals surface area (Å²) in [6.07, 6.45) is 0. The molecule has 0 amide bonds. The van der Waals surface area contributed by atoms with E-state index in [-0.39, 0.29) is 10.6 Å². The largest absolute Gasteiger partial charge is 0.493 e. The first-order valence-electron chi connectivity index (χ1n) is 6.29. The van der Waals surface area contributed by atoms with Crippen LogP contribution in [0.3, 0.4) is 0 Å². The van der Waals surface area contributed by atoms with Crippen molar-refractivity contribution >= 4 is 27.5 Å². The van der Waals surface area contributed by atoms with Crippen LogP contribution in [-0.4, -0.2) is 14.2 Å². The minimum Gasteiger partial charge on any atom is -0.493 e. The fourth-order valence-corrected chi connectivity index (χ4v) is 3.07. The van der Waals surface area contributed by atoms with Gasteiger partial charge in [-0.1, -0.05) is 33.6 Å². The molecule has 2 aromatic rings. The Labute approximate surface area is 137 Å². The molecule has 0 bridgehead atoms. The maximum atomic E-state index is 14.3. The number of aryl methyl sites for hydroxylation is 1. The smallest absolute Gasteiger partial charge is 0.163 e. The van der Waals surface area contributed by atoms with E-state index in [1.54, 1.807) is 6.07 Å². The Hall–Kier alpha value is -1.26. The van der Waals surface area contributed by atoms with Crippen LogP contribution >= 0.6 is 27.5 Å². The van der Waals surface area contributed by atoms with Crippen LogP contribution in [0, 0.1) is 12.7 Å². The van der Waals surface area contributed by atoms with Gasteiger partial charge in [-0.15, -0.1) is 0 Å². The van der Waals surface area contributed by atoms with Gasteiger partial charge in [0.2, 0.25) is 0 Å². The summed E-state index contributed by atoms with van der Waals surface area (Å²) < 4.78 is 24.6. The Balaban J connectivity index is 2.49. The van der Waals surface area contributed by atoms with Crippen LogP contribution < -0.4 is 9.47 Å². The molecule has 0 saturated heterocycles. The zero-order chi connectivity index (χ0) is 15.6. The molecular formula is C16H15BrClFO2. The molecule has 112 valence electrons. The quantitative estimate of drug-likeness (QED) is 0.678. The highest BCUT2D eigenvalue weighted by Crippen LogP contribution is 2.39. The van der Waals surface area contributed by atoms with Crippen molar-refractivity contribution in [1.82, 2.24) is 0 Å². The van der Waals surface area contributed by atoms with Crippen LogP contribution in [0.5, 0.6) is 11.5 Å². The number of rotatable bonds is 4. The van der Waals surface area contributed by atoms with E-state index in [9.17, 15) is 4.39 Å². The molecule has 1 atom stereocenters. The number of hydrogen-bond acceptors (Lipinski definition) is 2. The van der Waals surface area contributed by atoms with Gasteiger partial charge < -0.3 is 9.47 Å². The third-order valence-electron chi connectivity index (χ3n) is 3.13. The third-order valence-corrected chi connectivity index (χ3v) is 4.37. The summed E-state index contributed by atoms with van der Waals surface area (Å²) in [6.45, 7) is 1.94. The second-order valence-electron chi connectivity index (χ2n) is 4.65. The van der Waals surface area contributed by atoms with Crippen LogP contribution in [0.4, 0.5) is 4.39 Å². The van der Waals surface area contributed by atoms with E-state index < -0.39 is 0 Å². The number of methoxy groups -OCH3 is 2. The monoisotopic (exact) mass is 372 g/mol. The lowest BCUT2D eigenvalue weighted by molar-refractivity contribution is 0.351. The Morgan fingerprint density at radius 3 is 2.24 bits per heavy atom. The van der Waals surface area contributed by atoms with Crippen LogP contribution in [0.1, 0.15) is 21.5 Å². The Kier molecular flexibility index (Phi) is 5.12. The van der Waals surface area contributed by atoms with Crippen molar-refractivity contribution in [3.63, 3.8) is 0 Å². The number of alkyl halides is 1. The van der Waals surface area contributed by atoms with Gasteiger partial charge in [0, 0.05) is 16.7 Å². The Bertz CT molecular complexity index is 641. The Morgan fingerprint density at radius 2 is 1.67 bits per heavy atom. The summed E-state index contributed by atoms with van der Waals surface area (Å²) >= 11 is 9.60. The second kappa shape index (κ2) is 6.67. The molecule has 0 aliphatic heterocycles. The fraction of sp³-hybridized carbons (Fsp3) is 0.250. The minimum atomic E-state index is -0.368. The lowest BCUT2D eigenvalue weighted by Crippen LogP contribution is -2.00. The van der Waals surface area contributed by atoms with Crippen LogP contribution in [0.2, 0.25) is 5.02 Å². The van der Waals surface area contributed by atoms with Crippen molar-refractivity contribution in [1.29, 1.82) is 0 Å². The summed E-state index contributed by atoms with van der Waals surface area (Å²) in [7, 11) is 3.00. The summed E-state index contributed by atoms with van der Waals surface area (Å²) in [5, 5.41) is 0.621. The number of hydrogen-bond donors (Lipinski definition) is 0. The average Bonchev–Trinajstić information content (AvgIpc) is 2.45. The molecule has 0 spiro atoms. The molecule has 0 aromatic heterocycles. The summed E-state index contributed by atoms with van der Waals surface area (Å²) in [6, 6.07) is 8.57. The van der Waals surface area contributed by atoms with E-state index in [4.69, 9.17) is 21.1 Å². The maximum absolute atomic E-state index is 14.3. The van der Waals surface area contributed by atoms with Crippen LogP contribution in [-0.2, 0) is 0 Å². The molecule has 2 aromatic carbocycles. The molecule has 0 radical (unpaired) electrons. The molecular weight excluding hydrogens is 359 g/mol. The summed E-state index contributed by atoms with van der Waals surface area (Å²) in [5.41, 5.74) is 2.36. The molecule has 0 aliphatic carbocycles. The van der Waals surface area contributed by atoms with Crippen molar-refractivity contribution in [2.45, 2.75) is 11.8 Å². The molecule has 0 heterocycles. The molecule has 0 aliphatic rings. The predicted molar refractivity (Wildman–Crippen MR) is 86.5 cm³/mol. The molecule has 5 heteroatoms. The van der Waals surface area contributed by atoms with Gasteiger partial charge >= 0.3 is 0 Å². The van der Waals surface area contributed by atoms with E-state index in [2.05, 4.69) is 15.9 Å². The first-order valence-corrected chi connectivity index (χ1v) is 7.58. The normalized spacial score (nSPS) is 12.1. The first kappa shape index (κ1) is 16.1. The maximum Gasteiger partial charge on any atom is 0.163 e. The third kappa shape index (κ3) is 3.50. The van der Waals surface area contributed by atoms with Crippen molar-refractivity contribution in [3.8, 4) is 11.5 Å². The molecule has 2 rings (SSSR count). The number of benzene rings is 2. The van der Waals surface area contributed by atoms with Crippen LogP contribution in [0.25, 0.3) is 0 Å². The number of halogens is 3. The lowest BCUT2D eigenvalue weighted by Gasteiger charge is -2.16. The van der Waals surface area contributed by atoms with Crippen molar-refractivity contribution in [2.24, 2.45) is 0 Å². The van der Waals surface area contributed by atoms with E-state index in [0.717, 1.165) is 11.1 Å². The van der Waals surface area contributed by atoms with Gasteiger partial charge in [-0.05, 0) is 36.2 Å². The molecule has 0 fully saturated rings. The highest BCUT2D eigenvalue weighted by atomic mass is 79.9. The Morgan fingerprint density at radius 1 is 1.05 bits per heavy atom. The van der Waals surface area contributed by atoms with Crippen LogP contribution in [0.15, 0.2) is 30.3 Å². The number of ether oxygens (including phenoxy) is 2. The lowest BCUT2D eigenvalue weighted by atomic mass is 10.0. The molecule has 2 nitrogen and oxygen atoms in total. The van der Waals surface area contributed by atoms with Gasteiger partial charge in [-0.3, -0.25) is 0 Å². The predicted octanol–water partition coefficient (Wildman–Crippen LogP) is 5.29. The average molecular weight is 374 g/mol. The second-order valence-corrected chi connectivity index (χ2v) is 6.01. The van der Waals surface area contributed by atoms with E-state index >= 15 is 0 Å². The highest BCUT2D eigenvalue weighted by Gasteiger charge is 2.19. The van der Waals surface area contributed by atoms with Crippen molar-refractivity contribution in [3.05, 3.63) is 57.9 Å². The van der Waals surface area contributed by atoms with Gasteiger partial charge in [-0.25, -0.2) is 4.39 Å². The summed E-state index contributed by atoms with van der Waals surface area (Å²) in [4.78, 5) is -0.324. The minimum absolute atomic E-state index is 0.324. The van der Waals surface area contributed by atoms with E-state index in [1.807, 2.05) is 25.1 Å². The molecule has 0 N–H and O–H groups in total. The van der Waals surface area contributed by atoms with Crippen molar-refractivity contribution < 1.29 is 13.9 Å². The van der Waals surface area contributed by atoms with Gasteiger partial charge in [-0.2, -0.15) is 0 Å². The highest BCUT2D eigenvalue weighted by molar-refractivity contribution is 9.09. The van der Waals surface area contributed by atoms with Crippen molar-refractivity contribution in [2.75, 3.05) is 14.2 Å². The first-order chi connectivity index (χ1) is 9.96. The van der Waals surface area contributed by atoms with Gasteiger partial charge in [0.25, 0.3) is 0 Å². The van der Waals surface area contributed by atoms with Gasteiger partial charge in [0.05, 0.1) is 19.0 Å². The topological polar surface area (TPSA) is 18.5 Å². The zero-order valence-electron chi connectivity index (χ0n) is 11.9. The summed E-state index contributed by atoms with van der Waals surface area (Å²) in [5.74, 6) is 0.477. The fourth-order valence-electron chi connectivity index (χ4n) is 2.15. The molecule has 1 unspecified atom stereocenters. The SMILES string of the molecule is COc1cc(F)c(C(Br)c2cc(C)cc(Cl)c2)cc1OC.